The SMILES string of the molecule is CC(CCN)C1CN(C(=O)OC(C)(C)C)CCO1. The van der Waals surface area contributed by atoms with Gasteiger partial charge in [0.15, 0.2) is 0 Å². The molecular formula is C13H26N2O3. The second kappa shape index (κ2) is 6.38. The first-order valence-electron chi connectivity index (χ1n) is 6.63. The first-order valence-corrected chi connectivity index (χ1v) is 6.63. The highest BCUT2D eigenvalue weighted by Crippen LogP contribution is 2.18. The molecule has 2 N–H and O–H groups in total. The molecule has 1 amide bonds. The quantitative estimate of drug-likeness (QED) is 0.835. The summed E-state index contributed by atoms with van der Waals surface area (Å²) >= 11 is 0. The van der Waals surface area contributed by atoms with Gasteiger partial charge >= 0.3 is 6.09 Å². The van der Waals surface area contributed by atoms with Gasteiger partial charge in [-0.25, -0.2) is 4.79 Å². The van der Waals surface area contributed by atoms with E-state index in [2.05, 4.69) is 6.92 Å². The van der Waals surface area contributed by atoms with Gasteiger partial charge in [-0.1, -0.05) is 6.92 Å². The summed E-state index contributed by atoms with van der Waals surface area (Å²) in [4.78, 5) is 13.7. The fourth-order valence-electron chi connectivity index (χ4n) is 1.96. The number of hydrogen-bond donors (Lipinski definition) is 1. The van der Waals surface area contributed by atoms with Crippen molar-refractivity contribution < 1.29 is 14.3 Å². The highest BCUT2D eigenvalue weighted by Gasteiger charge is 2.30. The predicted octanol–water partition coefficient (Wildman–Crippen LogP) is 1.61. The summed E-state index contributed by atoms with van der Waals surface area (Å²) in [5, 5.41) is 0. The Bertz CT molecular complexity index is 276. The maximum Gasteiger partial charge on any atom is 0.410 e. The summed E-state index contributed by atoms with van der Waals surface area (Å²) in [7, 11) is 0. The summed E-state index contributed by atoms with van der Waals surface area (Å²) in [5.41, 5.74) is 5.10. The molecule has 1 aliphatic rings. The lowest BCUT2D eigenvalue weighted by Gasteiger charge is -2.36. The van der Waals surface area contributed by atoms with E-state index in [1.165, 1.54) is 0 Å². The van der Waals surface area contributed by atoms with Gasteiger partial charge in [0.05, 0.1) is 19.3 Å². The lowest BCUT2D eigenvalue weighted by molar-refractivity contribution is -0.0614. The van der Waals surface area contributed by atoms with Gasteiger partial charge in [-0.05, 0) is 39.7 Å². The first kappa shape index (κ1) is 15.2. The van der Waals surface area contributed by atoms with Crippen LogP contribution < -0.4 is 5.73 Å². The lowest BCUT2D eigenvalue weighted by Crippen LogP contribution is -2.49. The Hall–Kier alpha value is -0.810. The minimum Gasteiger partial charge on any atom is -0.444 e. The fraction of sp³-hybridized carbons (Fsp3) is 0.923. The van der Waals surface area contributed by atoms with Crippen molar-refractivity contribution in [1.82, 2.24) is 4.90 Å². The standard InChI is InChI=1S/C13H26N2O3/c1-10(5-6-14)11-9-15(7-8-17-11)12(16)18-13(2,3)4/h10-11H,5-9,14H2,1-4H3. The highest BCUT2D eigenvalue weighted by molar-refractivity contribution is 5.68. The molecule has 0 aromatic rings. The Kier molecular flexibility index (Phi) is 5.41. The molecule has 18 heavy (non-hydrogen) atoms. The third-order valence-corrected chi connectivity index (χ3v) is 3.00. The Morgan fingerprint density at radius 3 is 2.78 bits per heavy atom. The molecule has 2 unspecified atom stereocenters. The lowest BCUT2D eigenvalue weighted by atomic mass is 9.99. The number of hydrogen-bond acceptors (Lipinski definition) is 4. The highest BCUT2D eigenvalue weighted by atomic mass is 16.6. The predicted molar refractivity (Wildman–Crippen MR) is 70.4 cm³/mol. The molecule has 1 aliphatic heterocycles. The normalized spacial score (nSPS) is 22.7. The van der Waals surface area contributed by atoms with E-state index in [9.17, 15) is 4.79 Å². The average molecular weight is 258 g/mol. The molecule has 0 aromatic heterocycles. The molecule has 0 spiro atoms. The van der Waals surface area contributed by atoms with Crippen molar-refractivity contribution in [2.75, 3.05) is 26.2 Å². The van der Waals surface area contributed by atoms with Crippen molar-refractivity contribution in [1.29, 1.82) is 0 Å². The molecule has 2 atom stereocenters. The molecule has 0 aliphatic carbocycles. The maximum absolute atomic E-state index is 12.0. The summed E-state index contributed by atoms with van der Waals surface area (Å²) in [5.74, 6) is 0.361. The van der Waals surface area contributed by atoms with Crippen molar-refractivity contribution in [3.05, 3.63) is 0 Å². The Labute approximate surface area is 110 Å². The number of amides is 1. The molecule has 1 rings (SSSR count). The minimum absolute atomic E-state index is 0.0646. The van der Waals surface area contributed by atoms with Crippen LogP contribution in [0.1, 0.15) is 34.1 Å². The van der Waals surface area contributed by atoms with Gasteiger partial charge in [0.2, 0.25) is 0 Å². The number of morpholine rings is 1. The number of carbonyl (C=O) groups excluding carboxylic acids is 1. The molecule has 0 radical (unpaired) electrons. The van der Waals surface area contributed by atoms with E-state index in [0.29, 0.717) is 32.2 Å². The van der Waals surface area contributed by atoms with Crippen LogP contribution in [-0.2, 0) is 9.47 Å². The summed E-state index contributed by atoms with van der Waals surface area (Å²) in [6.07, 6.45) is 0.720. The van der Waals surface area contributed by atoms with Gasteiger partial charge in [0.1, 0.15) is 5.60 Å². The summed E-state index contributed by atoms with van der Waals surface area (Å²) < 4.78 is 11.1. The van der Waals surface area contributed by atoms with E-state index >= 15 is 0 Å². The van der Waals surface area contributed by atoms with Crippen LogP contribution in [0.25, 0.3) is 0 Å². The van der Waals surface area contributed by atoms with Gasteiger partial charge < -0.3 is 20.1 Å². The zero-order valence-corrected chi connectivity index (χ0v) is 11.9. The average Bonchev–Trinajstić information content (AvgIpc) is 2.27. The van der Waals surface area contributed by atoms with E-state index in [4.69, 9.17) is 15.2 Å². The van der Waals surface area contributed by atoms with Crippen molar-refractivity contribution in [3.8, 4) is 0 Å². The number of nitrogens with two attached hydrogens (primary N) is 1. The van der Waals surface area contributed by atoms with Crippen LogP contribution in [0.15, 0.2) is 0 Å². The fourth-order valence-corrected chi connectivity index (χ4v) is 1.96. The van der Waals surface area contributed by atoms with Crippen LogP contribution >= 0.6 is 0 Å². The Morgan fingerprint density at radius 2 is 2.22 bits per heavy atom. The van der Waals surface area contributed by atoms with Crippen LogP contribution in [0, 0.1) is 5.92 Å². The van der Waals surface area contributed by atoms with Crippen molar-refractivity contribution >= 4 is 6.09 Å². The monoisotopic (exact) mass is 258 g/mol. The van der Waals surface area contributed by atoms with Crippen LogP contribution in [0.2, 0.25) is 0 Å². The van der Waals surface area contributed by atoms with Crippen LogP contribution in [0.3, 0.4) is 0 Å². The molecule has 106 valence electrons. The third kappa shape index (κ3) is 4.82. The Balaban J connectivity index is 2.50. The van der Waals surface area contributed by atoms with E-state index in [1.54, 1.807) is 4.90 Å². The van der Waals surface area contributed by atoms with E-state index in [1.807, 2.05) is 20.8 Å². The van der Waals surface area contributed by atoms with E-state index < -0.39 is 5.60 Å². The molecule has 0 aromatic carbocycles. The summed E-state index contributed by atoms with van der Waals surface area (Å²) in [6, 6.07) is 0. The number of nitrogens with zero attached hydrogens (tertiary/aromatic N) is 1. The van der Waals surface area contributed by atoms with Gasteiger partial charge in [-0.2, -0.15) is 0 Å². The number of carbonyl (C=O) groups is 1. The molecule has 5 heteroatoms. The second-order valence-corrected chi connectivity index (χ2v) is 5.89. The van der Waals surface area contributed by atoms with Gasteiger partial charge in [-0.15, -0.1) is 0 Å². The smallest absolute Gasteiger partial charge is 0.410 e. The Morgan fingerprint density at radius 1 is 1.56 bits per heavy atom. The number of rotatable bonds is 3. The molecule has 1 fully saturated rings. The maximum atomic E-state index is 12.0. The molecule has 1 heterocycles. The zero-order valence-electron chi connectivity index (χ0n) is 11.9. The molecule has 0 bridgehead atoms. The van der Waals surface area contributed by atoms with Gasteiger partial charge in [0.25, 0.3) is 0 Å². The van der Waals surface area contributed by atoms with Crippen molar-refractivity contribution in [3.63, 3.8) is 0 Å². The van der Waals surface area contributed by atoms with Gasteiger partial charge in [-0.3, -0.25) is 0 Å². The first-order chi connectivity index (χ1) is 8.33. The molecule has 5 nitrogen and oxygen atoms in total. The summed E-state index contributed by atoms with van der Waals surface area (Å²) in [6.45, 7) is 10.1. The zero-order chi connectivity index (χ0) is 13.8. The van der Waals surface area contributed by atoms with Crippen LogP contribution in [0.4, 0.5) is 4.79 Å². The molecular weight excluding hydrogens is 232 g/mol. The van der Waals surface area contributed by atoms with Gasteiger partial charge in [0, 0.05) is 6.54 Å². The third-order valence-electron chi connectivity index (χ3n) is 3.00. The molecule has 1 saturated heterocycles. The second-order valence-electron chi connectivity index (χ2n) is 5.89. The minimum atomic E-state index is -0.451. The topological polar surface area (TPSA) is 64.8 Å². The van der Waals surface area contributed by atoms with Crippen molar-refractivity contribution in [2.45, 2.75) is 45.8 Å². The van der Waals surface area contributed by atoms with Crippen molar-refractivity contribution in [2.24, 2.45) is 11.7 Å². The number of ether oxygens (including phenoxy) is 2. The molecule has 0 saturated carbocycles. The van der Waals surface area contributed by atoms with Crippen LogP contribution in [0.5, 0.6) is 0 Å². The van der Waals surface area contributed by atoms with E-state index in [0.717, 1.165) is 6.42 Å². The van der Waals surface area contributed by atoms with Crippen LogP contribution in [-0.4, -0.2) is 48.9 Å². The largest absolute Gasteiger partial charge is 0.444 e. The van der Waals surface area contributed by atoms with E-state index in [-0.39, 0.29) is 12.2 Å².